The molecular formula is C16H15BrN2O2. The van der Waals surface area contributed by atoms with Gasteiger partial charge >= 0.3 is 0 Å². The number of amides is 1. The van der Waals surface area contributed by atoms with Crippen molar-refractivity contribution in [3.63, 3.8) is 0 Å². The average molecular weight is 347 g/mol. The third-order valence-corrected chi connectivity index (χ3v) is 3.20. The zero-order valence-electron chi connectivity index (χ0n) is 11.3. The summed E-state index contributed by atoms with van der Waals surface area (Å²) >= 11 is 3.35. The fourth-order valence-corrected chi connectivity index (χ4v) is 1.85. The van der Waals surface area contributed by atoms with Gasteiger partial charge < -0.3 is 10.2 Å². The first-order valence-electron chi connectivity index (χ1n) is 6.45. The summed E-state index contributed by atoms with van der Waals surface area (Å²) in [7, 11) is 0. The molecule has 2 aromatic rings. The van der Waals surface area contributed by atoms with Crippen LogP contribution in [0.2, 0.25) is 0 Å². The highest BCUT2D eigenvalue weighted by Gasteiger charge is 2.00. The molecule has 1 N–H and O–H groups in total. The Balaban J connectivity index is 1.68. The molecule has 0 aromatic heterocycles. The van der Waals surface area contributed by atoms with Crippen molar-refractivity contribution in [2.75, 3.05) is 6.61 Å². The van der Waals surface area contributed by atoms with Gasteiger partial charge in [0.05, 0.1) is 6.21 Å². The molecule has 0 aliphatic heterocycles. The third-order valence-electron chi connectivity index (χ3n) is 2.67. The van der Waals surface area contributed by atoms with Crippen LogP contribution in [-0.2, 0) is 16.2 Å². The van der Waals surface area contributed by atoms with Crippen LogP contribution in [0.15, 0.2) is 64.2 Å². The monoisotopic (exact) mass is 346 g/mol. The Kier molecular flexibility index (Phi) is 5.97. The second kappa shape index (κ2) is 8.21. The molecule has 0 radical (unpaired) electrons. The number of carbonyl (C=O) groups excluding carboxylic acids is 1. The van der Waals surface area contributed by atoms with Crippen LogP contribution < -0.4 is 5.32 Å². The minimum atomic E-state index is -0.202. The molecule has 4 nitrogen and oxygen atoms in total. The molecule has 2 rings (SSSR count). The Labute approximate surface area is 131 Å². The van der Waals surface area contributed by atoms with E-state index < -0.39 is 0 Å². The maximum atomic E-state index is 11.6. The summed E-state index contributed by atoms with van der Waals surface area (Å²) in [6.45, 7) is 0.388. The molecule has 0 unspecified atom stereocenters. The highest BCUT2D eigenvalue weighted by molar-refractivity contribution is 9.10. The first-order chi connectivity index (χ1) is 10.2. The van der Waals surface area contributed by atoms with Crippen LogP contribution in [0.3, 0.4) is 0 Å². The van der Waals surface area contributed by atoms with Crippen molar-refractivity contribution in [2.45, 2.75) is 6.54 Å². The summed E-state index contributed by atoms with van der Waals surface area (Å²) in [5.41, 5.74) is 1.95. The Bertz CT molecular complexity index is 597. The van der Waals surface area contributed by atoms with Gasteiger partial charge in [0, 0.05) is 11.0 Å². The van der Waals surface area contributed by atoms with Crippen molar-refractivity contribution < 1.29 is 9.63 Å². The topological polar surface area (TPSA) is 50.7 Å². The van der Waals surface area contributed by atoms with E-state index >= 15 is 0 Å². The summed E-state index contributed by atoms with van der Waals surface area (Å²) in [4.78, 5) is 16.5. The van der Waals surface area contributed by atoms with Gasteiger partial charge in [0.2, 0.25) is 0 Å². The van der Waals surface area contributed by atoms with Crippen molar-refractivity contribution in [2.24, 2.45) is 5.16 Å². The molecule has 0 fully saturated rings. The van der Waals surface area contributed by atoms with Crippen molar-refractivity contribution in [3.05, 3.63) is 70.2 Å². The maximum absolute atomic E-state index is 11.6. The highest BCUT2D eigenvalue weighted by Crippen LogP contribution is 2.09. The number of oxime groups is 1. The molecule has 21 heavy (non-hydrogen) atoms. The molecule has 1 amide bonds. The molecule has 0 saturated heterocycles. The number of halogens is 1. The van der Waals surface area contributed by atoms with E-state index in [9.17, 15) is 4.79 Å². The smallest absolute Gasteiger partial charge is 0.261 e. The molecule has 2 aromatic carbocycles. The average Bonchev–Trinajstić information content (AvgIpc) is 2.52. The van der Waals surface area contributed by atoms with Crippen LogP contribution in [0.25, 0.3) is 0 Å². The Morgan fingerprint density at radius 3 is 2.57 bits per heavy atom. The summed E-state index contributed by atoms with van der Waals surface area (Å²) in [5.74, 6) is -0.202. The zero-order valence-corrected chi connectivity index (χ0v) is 12.9. The van der Waals surface area contributed by atoms with Gasteiger partial charge in [-0.1, -0.05) is 63.6 Å². The molecule has 0 aliphatic carbocycles. The molecule has 5 heteroatoms. The molecule has 108 valence electrons. The van der Waals surface area contributed by atoms with Gasteiger partial charge in [-0.3, -0.25) is 4.79 Å². The Hall–Kier alpha value is -2.14. The summed E-state index contributed by atoms with van der Waals surface area (Å²) in [6, 6.07) is 17.3. The van der Waals surface area contributed by atoms with E-state index in [-0.39, 0.29) is 12.5 Å². The number of nitrogens with one attached hydrogen (secondary N) is 1. The summed E-state index contributed by atoms with van der Waals surface area (Å²) in [5, 5.41) is 6.53. The van der Waals surface area contributed by atoms with E-state index in [0.29, 0.717) is 6.54 Å². The van der Waals surface area contributed by atoms with Gasteiger partial charge in [0.15, 0.2) is 6.61 Å². The minimum absolute atomic E-state index is 0.0974. The predicted octanol–water partition coefficient (Wildman–Crippen LogP) is 3.12. The van der Waals surface area contributed by atoms with Gasteiger partial charge in [0.1, 0.15) is 0 Å². The molecular weight excluding hydrogens is 332 g/mol. The summed E-state index contributed by atoms with van der Waals surface area (Å²) < 4.78 is 1.00. The molecule has 0 bridgehead atoms. The number of hydrogen-bond donors (Lipinski definition) is 1. The molecule has 0 aliphatic rings. The lowest BCUT2D eigenvalue weighted by atomic mass is 10.2. The van der Waals surface area contributed by atoms with E-state index in [1.54, 1.807) is 6.21 Å². The van der Waals surface area contributed by atoms with Crippen LogP contribution in [0.5, 0.6) is 0 Å². The van der Waals surface area contributed by atoms with Gasteiger partial charge in [0.25, 0.3) is 5.91 Å². The first kappa shape index (κ1) is 15.3. The van der Waals surface area contributed by atoms with E-state index in [2.05, 4.69) is 26.4 Å². The fraction of sp³-hybridized carbons (Fsp3) is 0.125. The van der Waals surface area contributed by atoms with Crippen molar-refractivity contribution in [1.29, 1.82) is 0 Å². The quantitative estimate of drug-likeness (QED) is 0.645. The van der Waals surface area contributed by atoms with E-state index in [1.807, 2.05) is 54.6 Å². The number of nitrogens with zero attached hydrogens (tertiary/aromatic N) is 1. The SMILES string of the molecule is O=C(CO/N=C\c1ccc(Br)cc1)NCc1ccccc1. The van der Waals surface area contributed by atoms with E-state index in [1.165, 1.54) is 0 Å². The standard InChI is InChI=1S/C16H15BrN2O2/c17-15-8-6-14(7-9-15)11-19-21-12-16(20)18-10-13-4-2-1-3-5-13/h1-9,11H,10,12H2,(H,18,20)/b19-11-. The number of carbonyl (C=O) groups is 1. The predicted molar refractivity (Wildman–Crippen MR) is 86.0 cm³/mol. The van der Waals surface area contributed by atoms with Crippen LogP contribution in [0.1, 0.15) is 11.1 Å². The molecule has 0 heterocycles. The number of benzene rings is 2. The second-order valence-electron chi connectivity index (χ2n) is 4.32. The molecule has 0 atom stereocenters. The maximum Gasteiger partial charge on any atom is 0.261 e. The van der Waals surface area contributed by atoms with Gasteiger partial charge in [-0.25, -0.2) is 0 Å². The second-order valence-corrected chi connectivity index (χ2v) is 5.24. The highest BCUT2D eigenvalue weighted by atomic mass is 79.9. The van der Waals surface area contributed by atoms with Crippen LogP contribution >= 0.6 is 15.9 Å². The van der Waals surface area contributed by atoms with Crippen molar-refractivity contribution in [3.8, 4) is 0 Å². The van der Waals surface area contributed by atoms with Crippen LogP contribution in [0.4, 0.5) is 0 Å². The zero-order chi connectivity index (χ0) is 14.9. The van der Waals surface area contributed by atoms with Crippen LogP contribution in [0, 0.1) is 0 Å². The summed E-state index contributed by atoms with van der Waals surface area (Å²) in [6.07, 6.45) is 1.57. The van der Waals surface area contributed by atoms with Gasteiger partial charge in [-0.15, -0.1) is 0 Å². The minimum Gasteiger partial charge on any atom is -0.386 e. The fourth-order valence-electron chi connectivity index (χ4n) is 1.59. The Morgan fingerprint density at radius 2 is 1.86 bits per heavy atom. The molecule has 0 saturated carbocycles. The Morgan fingerprint density at radius 1 is 1.14 bits per heavy atom. The van der Waals surface area contributed by atoms with Gasteiger partial charge in [-0.2, -0.15) is 0 Å². The lowest BCUT2D eigenvalue weighted by Crippen LogP contribution is -2.26. The van der Waals surface area contributed by atoms with E-state index in [0.717, 1.165) is 15.6 Å². The lowest BCUT2D eigenvalue weighted by Gasteiger charge is -2.04. The number of hydrogen-bond acceptors (Lipinski definition) is 3. The van der Waals surface area contributed by atoms with Crippen molar-refractivity contribution >= 4 is 28.1 Å². The van der Waals surface area contributed by atoms with Gasteiger partial charge in [-0.05, 0) is 23.3 Å². The normalized spacial score (nSPS) is 10.5. The first-order valence-corrected chi connectivity index (χ1v) is 7.25. The van der Waals surface area contributed by atoms with E-state index in [4.69, 9.17) is 4.84 Å². The third kappa shape index (κ3) is 5.79. The largest absolute Gasteiger partial charge is 0.386 e. The molecule has 0 spiro atoms. The lowest BCUT2D eigenvalue weighted by molar-refractivity contribution is -0.125. The van der Waals surface area contributed by atoms with Crippen LogP contribution in [-0.4, -0.2) is 18.7 Å². The number of rotatable bonds is 6. The van der Waals surface area contributed by atoms with Crippen molar-refractivity contribution in [1.82, 2.24) is 5.32 Å².